The fraction of sp³-hybridized carbons (Fsp3) is 0.571. The first-order valence-corrected chi connectivity index (χ1v) is 7.44. The van der Waals surface area contributed by atoms with Crippen LogP contribution >= 0.6 is 11.6 Å². The molecule has 0 atom stereocenters. The number of unbranched alkanes of at least 4 members (excludes halogenated alkanes) is 2. The number of aromatic nitrogens is 1. The normalized spacial score (nSPS) is 17.4. The minimum Gasteiger partial charge on any atom is -0.411 e. The Hall–Kier alpha value is -1.49. The van der Waals surface area contributed by atoms with Gasteiger partial charge in [0.15, 0.2) is 0 Å². The van der Waals surface area contributed by atoms with Gasteiger partial charge in [-0.3, -0.25) is 4.79 Å². The van der Waals surface area contributed by atoms with Crippen LogP contribution in [0, 0.1) is 0 Å². The third-order valence-corrected chi connectivity index (χ3v) is 3.93. The molecule has 0 aromatic carbocycles. The third kappa shape index (κ3) is 2.98. The summed E-state index contributed by atoms with van der Waals surface area (Å²) in [6, 6.07) is 1.86. The topological polar surface area (TPSA) is 57.8 Å². The van der Waals surface area contributed by atoms with Crippen LogP contribution in [0.1, 0.15) is 41.7 Å². The number of hydrogen-bond donors (Lipinski definition) is 1. The van der Waals surface area contributed by atoms with Gasteiger partial charge < -0.3 is 14.7 Å². The number of amides is 1. The molecule has 2 rings (SSSR count). The van der Waals surface area contributed by atoms with Gasteiger partial charge in [-0.2, -0.15) is 0 Å². The largest absolute Gasteiger partial charge is 0.411 e. The summed E-state index contributed by atoms with van der Waals surface area (Å²) in [5.41, 5.74) is 1.96. The molecule has 0 fully saturated rings. The van der Waals surface area contributed by atoms with Gasteiger partial charge in [0.25, 0.3) is 5.91 Å². The fourth-order valence-corrected chi connectivity index (χ4v) is 2.67. The average molecular weight is 298 g/mol. The van der Waals surface area contributed by atoms with Crippen molar-refractivity contribution < 1.29 is 10.0 Å². The van der Waals surface area contributed by atoms with Crippen molar-refractivity contribution in [3.8, 4) is 0 Å². The van der Waals surface area contributed by atoms with Gasteiger partial charge in [0, 0.05) is 44.2 Å². The highest BCUT2D eigenvalue weighted by Crippen LogP contribution is 2.21. The summed E-state index contributed by atoms with van der Waals surface area (Å²) in [6.07, 6.45) is 5.48. The Labute approximate surface area is 123 Å². The molecule has 1 aliphatic rings. The maximum absolute atomic E-state index is 12.4. The number of alkyl halides is 1. The summed E-state index contributed by atoms with van der Waals surface area (Å²) in [5, 5.41) is 12.5. The first-order valence-electron chi connectivity index (χ1n) is 6.91. The molecule has 2 heterocycles. The van der Waals surface area contributed by atoms with E-state index in [4.69, 9.17) is 16.8 Å². The lowest BCUT2D eigenvalue weighted by Crippen LogP contribution is -2.28. The van der Waals surface area contributed by atoms with Crippen molar-refractivity contribution in [2.24, 2.45) is 5.16 Å². The third-order valence-electron chi connectivity index (χ3n) is 3.66. The van der Waals surface area contributed by atoms with Crippen molar-refractivity contribution in [2.45, 2.75) is 32.2 Å². The van der Waals surface area contributed by atoms with E-state index >= 15 is 0 Å². The number of nitrogens with zero attached hydrogens (tertiary/aromatic N) is 3. The second-order valence-electron chi connectivity index (χ2n) is 5.04. The van der Waals surface area contributed by atoms with Crippen LogP contribution in [-0.2, 0) is 6.54 Å². The molecule has 1 amide bonds. The lowest BCUT2D eigenvalue weighted by molar-refractivity contribution is 0.0791. The van der Waals surface area contributed by atoms with Crippen LogP contribution in [0.5, 0.6) is 0 Å². The van der Waals surface area contributed by atoms with Crippen molar-refractivity contribution in [1.29, 1.82) is 0 Å². The summed E-state index contributed by atoms with van der Waals surface area (Å²) in [6.45, 7) is 1.35. The molecule has 0 bridgehead atoms. The number of carbonyl (C=O) groups is 1. The highest BCUT2D eigenvalue weighted by atomic mass is 35.5. The maximum atomic E-state index is 12.4. The molecular weight excluding hydrogens is 278 g/mol. The number of halogens is 1. The standard InChI is InChI=1S/C14H20ClN3O2/c1-17-9-6-12(16-20)11-5-10-18(13(11)14(17)19)8-4-2-3-7-15/h5,10,20H,2-4,6-9H2,1H3/b16-12+. The van der Waals surface area contributed by atoms with Crippen LogP contribution in [0.2, 0.25) is 0 Å². The van der Waals surface area contributed by atoms with E-state index in [0.29, 0.717) is 30.3 Å². The lowest BCUT2D eigenvalue weighted by atomic mass is 10.1. The Morgan fingerprint density at radius 2 is 2.20 bits per heavy atom. The van der Waals surface area contributed by atoms with Crippen LogP contribution in [0.15, 0.2) is 17.4 Å². The molecule has 0 spiro atoms. The van der Waals surface area contributed by atoms with E-state index in [9.17, 15) is 4.79 Å². The van der Waals surface area contributed by atoms with Crippen LogP contribution in [0.4, 0.5) is 0 Å². The molecule has 0 aliphatic carbocycles. The Morgan fingerprint density at radius 1 is 1.40 bits per heavy atom. The Morgan fingerprint density at radius 3 is 2.90 bits per heavy atom. The number of aryl methyl sites for hydroxylation is 1. The first kappa shape index (κ1) is 14.9. The van der Waals surface area contributed by atoms with Crippen LogP contribution in [0.25, 0.3) is 0 Å². The van der Waals surface area contributed by atoms with Gasteiger partial charge in [0.05, 0.1) is 5.71 Å². The Bertz CT molecular complexity index is 511. The second kappa shape index (κ2) is 6.79. The fourth-order valence-electron chi connectivity index (χ4n) is 2.48. The molecule has 0 radical (unpaired) electrons. The SMILES string of the molecule is CN1CC/C(=N\O)c2ccn(CCCCCCl)c2C1=O. The van der Waals surface area contributed by atoms with Gasteiger partial charge in [-0.1, -0.05) is 11.6 Å². The van der Waals surface area contributed by atoms with Gasteiger partial charge in [0.1, 0.15) is 5.69 Å². The molecule has 5 nitrogen and oxygen atoms in total. The number of oxime groups is 1. The number of hydrogen-bond acceptors (Lipinski definition) is 3. The quantitative estimate of drug-likeness (QED) is 0.393. The predicted octanol–water partition coefficient (Wildman–Crippen LogP) is 2.55. The zero-order valence-corrected chi connectivity index (χ0v) is 12.4. The zero-order valence-electron chi connectivity index (χ0n) is 11.7. The van der Waals surface area contributed by atoms with E-state index in [1.54, 1.807) is 11.9 Å². The van der Waals surface area contributed by atoms with E-state index in [-0.39, 0.29) is 5.91 Å². The maximum Gasteiger partial charge on any atom is 0.270 e. The molecule has 1 N–H and O–H groups in total. The highest BCUT2D eigenvalue weighted by Gasteiger charge is 2.27. The van der Waals surface area contributed by atoms with Crippen molar-refractivity contribution in [1.82, 2.24) is 9.47 Å². The van der Waals surface area contributed by atoms with Gasteiger partial charge in [-0.15, -0.1) is 11.6 Å². The van der Waals surface area contributed by atoms with Crippen molar-refractivity contribution in [3.05, 3.63) is 23.5 Å². The predicted molar refractivity (Wildman–Crippen MR) is 78.9 cm³/mol. The smallest absolute Gasteiger partial charge is 0.270 e. The molecule has 1 aromatic heterocycles. The zero-order chi connectivity index (χ0) is 14.5. The molecule has 0 saturated heterocycles. The van der Waals surface area contributed by atoms with Gasteiger partial charge in [-0.25, -0.2) is 0 Å². The second-order valence-corrected chi connectivity index (χ2v) is 5.42. The molecule has 0 unspecified atom stereocenters. The van der Waals surface area contributed by atoms with Gasteiger partial charge in [-0.05, 0) is 18.9 Å². The van der Waals surface area contributed by atoms with E-state index in [1.807, 2.05) is 16.8 Å². The minimum absolute atomic E-state index is 0.0130. The number of carbonyl (C=O) groups excluding carboxylic acids is 1. The average Bonchev–Trinajstić information content (AvgIpc) is 2.82. The monoisotopic (exact) mass is 297 g/mol. The molecule has 6 heteroatoms. The molecule has 1 aromatic rings. The van der Waals surface area contributed by atoms with E-state index in [1.165, 1.54) is 0 Å². The highest BCUT2D eigenvalue weighted by molar-refractivity contribution is 6.17. The van der Waals surface area contributed by atoms with Crippen molar-refractivity contribution >= 4 is 23.2 Å². The van der Waals surface area contributed by atoms with Crippen LogP contribution < -0.4 is 0 Å². The first-order chi connectivity index (χ1) is 9.69. The molecule has 20 heavy (non-hydrogen) atoms. The molecule has 110 valence electrons. The van der Waals surface area contributed by atoms with E-state index < -0.39 is 0 Å². The molecule has 1 aliphatic heterocycles. The Balaban J connectivity index is 2.24. The van der Waals surface area contributed by atoms with Gasteiger partial charge >= 0.3 is 0 Å². The van der Waals surface area contributed by atoms with Crippen molar-refractivity contribution in [2.75, 3.05) is 19.5 Å². The Kier molecular flexibility index (Phi) is 5.06. The summed E-state index contributed by atoms with van der Waals surface area (Å²) in [4.78, 5) is 14.1. The molecular formula is C14H20ClN3O2. The summed E-state index contributed by atoms with van der Waals surface area (Å²) < 4.78 is 1.96. The van der Waals surface area contributed by atoms with Crippen LogP contribution in [-0.4, -0.2) is 45.8 Å². The van der Waals surface area contributed by atoms with E-state index in [2.05, 4.69) is 5.16 Å². The molecule has 0 saturated carbocycles. The summed E-state index contributed by atoms with van der Waals surface area (Å²) in [5.74, 6) is 0.660. The number of fused-ring (bicyclic) bond motifs is 1. The summed E-state index contributed by atoms with van der Waals surface area (Å²) >= 11 is 5.67. The summed E-state index contributed by atoms with van der Waals surface area (Å²) in [7, 11) is 1.78. The van der Waals surface area contributed by atoms with Gasteiger partial charge in [0.2, 0.25) is 0 Å². The van der Waals surface area contributed by atoms with Crippen molar-refractivity contribution in [3.63, 3.8) is 0 Å². The lowest BCUT2D eigenvalue weighted by Gasteiger charge is -2.15. The number of rotatable bonds is 5. The van der Waals surface area contributed by atoms with E-state index in [0.717, 1.165) is 31.4 Å². The van der Waals surface area contributed by atoms with Crippen LogP contribution in [0.3, 0.4) is 0 Å². The minimum atomic E-state index is -0.0130.